The number of nitrogens with one attached hydrogen (secondary N) is 1. The molecule has 1 amide bonds. The van der Waals surface area contributed by atoms with E-state index in [2.05, 4.69) is 5.32 Å². The highest BCUT2D eigenvalue weighted by Crippen LogP contribution is 2.36. The van der Waals surface area contributed by atoms with Crippen molar-refractivity contribution in [2.24, 2.45) is 5.92 Å². The Morgan fingerprint density at radius 1 is 1.12 bits per heavy atom. The van der Waals surface area contributed by atoms with Crippen LogP contribution in [0.5, 0.6) is 0 Å². The second-order valence-electron chi connectivity index (χ2n) is 6.32. The lowest BCUT2D eigenvalue weighted by Crippen LogP contribution is -2.33. The van der Waals surface area contributed by atoms with E-state index in [1.165, 1.54) is 30.3 Å². The smallest absolute Gasteiger partial charge is 0.282 e. The minimum atomic E-state index is -0.558. The number of hydrogen-bond donors (Lipinski definition) is 1. The molecule has 1 aliphatic rings. The molecule has 0 spiro atoms. The van der Waals surface area contributed by atoms with Crippen molar-refractivity contribution < 1.29 is 14.1 Å². The van der Waals surface area contributed by atoms with Crippen molar-refractivity contribution >= 4 is 11.6 Å². The van der Waals surface area contributed by atoms with E-state index < -0.39 is 10.8 Å². The third kappa shape index (κ3) is 3.84. The number of para-hydroxylation sites is 1. The van der Waals surface area contributed by atoms with Crippen LogP contribution in [0, 0.1) is 21.8 Å². The third-order valence-corrected chi connectivity index (χ3v) is 4.73. The van der Waals surface area contributed by atoms with E-state index in [0.29, 0.717) is 0 Å². The zero-order chi connectivity index (χ0) is 17.8. The summed E-state index contributed by atoms with van der Waals surface area (Å²) in [6.45, 7) is 0. The first-order chi connectivity index (χ1) is 12.1. The molecule has 130 valence electrons. The molecule has 25 heavy (non-hydrogen) atoms. The highest BCUT2D eigenvalue weighted by atomic mass is 19.1. The van der Waals surface area contributed by atoms with Gasteiger partial charge in [0, 0.05) is 6.07 Å². The van der Waals surface area contributed by atoms with Gasteiger partial charge in [0.15, 0.2) is 0 Å². The Morgan fingerprint density at radius 2 is 1.76 bits per heavy atom. The van der Waals surface area contributed by atoms with Crippen LogP contribution in [0.15, 0.2) is 48.5 Å². The second-order valence-corrected chi connectivity index (χ2v) is 6.32. The maximum absolute atomic E-state index is 13.2. The summed E-state index contributed by atoms with van der Waals surface area (Å²) in [6, 6.07) is 11.7. The van der Waals surface area contributed by atoms with E-state index in [4.69, 9.17) is 0 Å². The van der Waals surface area contributed by atoms with Crippen LogP contribution in [0.2, 0.25) is 0 Å². The van der Waals surface area contributed by atoms with Gasteiger partial charge in [0.25, 0.3) is 11.6 Å². The Labute approximate surface area is 145 Å². The number of carbonyl (C=O) groups is 1. The number of rotatable bonds is 5. The van der Waals surface area contributed by atoms with Crippen LogP contribution in [0.25, 0.3) is 0 Å². The van der Waals surface area contributed by atoms with Crippen LogP contribution in [-0.2, 0) is 0 Å². The molecular formula is C19H19FN2O3. The molecule has 1 aliphatic carbocycles. The molecular weight excluding hydrogens is 323 g/mol. The summed E-state index contributed by atoms with van der Waals surface area (Å²) in [5.74, 6) is -0.565. The molecule has 0 aromatic heterocycles. The standard InChI is InChI=1S/C19H19FN2O3/c20-15-11-9-14(10-12-15)18(13-5-1-2-6-13)21-19(23)16-7-3-4-8-17(16)22(24)25/h3-4,7-13,18H,1-2,5-6H2,(H,21,23)/t18-/m1/s1. The van der Waals surface area contributed by atoms with Gasteiger partial charge in [-0.15, -0.1) is 0 Å². The first-order valence-electron chi connectivity index (χ1n) is 8.36. The molecule has 1 N–H and O–H groups in total. The molecule has 0 aliphatic heterocycles. The third-order valence-electron chi connectivity index (χ3n) is 4.73. The fourth-order valence-electron chi connectivity index (χ4n) is 3.48. The number of amides is 1. The molecule has 3 rings (SSSR count). The molecule has 2 aromatic rings. The van der Waals surface area contributed by atoms with Gasteiger partial charge < -0.3 is 5.32 Å². The van der Waals surface area contributed by atoms with E-state index >= 15 is 0 Å². The number of benzene rings is 2. The zero-order valence-corrected chi connectivity index (χ0v) is 13.7. The average molecular weight is 342 g/mol. The van der Waals surface area contributed by atoms with Gasteiger partial charge in [0.1, 0.15) is 11.4 Å². The molecule has 1 atom stereocenters. The predicted molar refractivity (Wildman–Crippen MR) is 91.7 cm³/mol. The van der Waals surface area contributed by atoms with Gasteiger partial charge in [0.05, 0.1) is 11.0 Å². The Balaban J connectivity index is 1.88. The van der Waals surface area contributed by atoms with E-state index in [-0.39, 0.29) is 29.0 Å². The highest BCUT2D eigenvalue weighted by molar-refractivity contribution is 5.98. The van der Waals surface area contributed by atoms with Crippen molar-refractivity contribution in [3.63, 3.8) is 0 Å². The second kappa shape index (κ2) is 7.42. The first-order valence-corrected chi connectivity index (χ1v) is 8.36. The Bertz CT molecular complexity index is 770. The fourth-order valence-corrected chi connectivity index (χ4v) is 3.48. The van der Waals surface area contributed by atoms with Gasteiger partial charge in [-0.25, -0.2) is 4.39 Å². The monoisotopic (exact) mass is 342 g/mol. The number of nitrogens with zero attached hydrogens (tertiary/aromatic N) is 1. The summed E-state index contributed by atoms with van der Waals surface area (Å²) in [7, 11) is 0. The molecule has 2 aromatic carbocycles. The molecule has 6 heteroatoms. The van der Waals surface area contributed by atoms with Crippen LogP contribution in [0.4, 0.5) is 10.1 Å². The van der Waals surface area contributed by atoms with Crippen molar-refractivity contribution in [3.05, 3.63) is 75.6 Å². The molecule has 0 unspecified atom stereocenters. The summed E-state index contributed by atoms with van der Waals surface area (Å²) in [5.41, 5.74) is 0.641. The minimum Gasteiger partial charge on any atom is -0.345 e. The minimum absolute atomic E-state index is 0.0395. The SMILES string of the molecule is O=C(N[C@@H](c1ccc(F)cc1)C1CCCC1)c1ccccc1[N+](=O)[O-]. The molecule has 0 heterocycles. The number of halogens is 1. The predicted octanol–water partition coefficient (Wildman–Crippen LogP) is 4.40. The molecule has 1 saturated carbocycles. The van der Waals surface area contributed by atoms with Crippen molar-refractivity contribution in [1.82, 2.24) is 5.32 Å². The van der Waals surface area contributed by atoms with Crippen molar-refractivity contribution in [2.75, 3.05) is 0 Å². The van der Waals surface area contributed by atoms with Gasteiger partial charge in [0.2, 0.25) is 0 Å². The van der Waals surface area contributed by atoms with Crippen molar-refractivity contribution in [3.8, 4) is 0 Å². The molecule has 0 radical (unpaired) electrons. The number of nitro benzene ring substituents is 1. The molecule has 1 fully saturated rings. The fraction of sp³-hybridized carbons (Fsp3) is 0.316. The van der Waals surface area contributed by atoms with Crippen molar-refractivity contribution in [1.29, 1.82) is 0 Å². The molecule has 0 bridgehead atoms. The summed E-state index contributed by atoms with van der Waals surface area (Å²) >= 11 is 0. The summed E-state index contributed by atoms with van der Waals surface area (Å²) in [4.78, 5) is 23.3. The van der Waals surface area contributed by atoms with Gasteiger partial charge >= 0.3 is 0 Å². The molecule has 5 nitrogen and oxygen atoms in total. The van der Waals surface area contributed by atoms with Gasteiger partial charge in [-0.2, -0.15) is 0 Å². The Morgan fingerprint density at radius 3 is 2.40 bits per heavy atom. The first kappa shape index (κ1) is 17.1. The van der Waals surface area contributed by atoms with Gasteiger partial charge in [-0.3, -0.25) is 14.9 Å². The van der Waals surface area contributed by atoms with Gasteiger partial charge in [-0.05, 0) is 42.5 Å². The van der Waals surface area contributed by atoms with Crippen LogP contribution >= 0.6 is 0 Å². The summed E-state index contributed by atoms with van der Waals surface area (Å²) in [5, 5.41) is 14.1. The Hall–Kier alpha value is -2.76. The van der Waals surface area contributed by atoms with E-state index in [0.717, 1.165) is 31.2 Å². The maximum Gasteiger partial charge on any atom is 0.282 e. The van der Waals surface area contributed by atoms with E-state index in [1.54, 1.807) is 18.2 Å². The van der Waals surface area contributed by atoms with Crippen LogP contribution in [0.3, 0.4) is 0 Å². The topological polar surface area (TPSA) is 72.2 Å². The van der Waals surface area contributed by atoms with Crippen LogP contribution in [0.1, 0.15) is 47.6 Å². The number of hydrogen-bond acceptors (Lipinski definition) is 3. The molecule has 0 saturated heterocycles. The average Bonchev–Trinajstić information content (AvgIpc) is 3.14. The van der Waals surface area contributed by atoms with Crippen molar-refractivity contribution in [2.45, 2.75) is 31.7 Å². The summed E-state index contributed by atoms with van der Waals surface area (Å²) in [6.07, 6.45) is 4.12. The normalized spacial score (nSPS) is 15.7. The summed E-state index contributed by atoms with van der Waals surface area (Å²) < 4.78 is 13.2. The van der Waals surface area contributed by atoms with E-state index in [1.807, 2.05) is 0 Å². The quantitative estimate of drug-likeness (QED) is 0.647. The lowest BCUT2D eigenvalue weighted by atomic mass is 9.91. The van der Waals surface area contributed by atoms with Crippen LogP contribution < -0.4 is 5.32 Å². The number of nitro groups is 1. The largest absolute Gasteiger partial charge is 0.345 e. The number of carbonyl (C=O) groups excluding carboxylic acids is 1. The Kier molecular flexibility index (Phi) is 5.07. The highest BCUT2D eigenvalue weighted by Gasteiger charge is 2.29. The zero-order valence-electron chi connectivity index (χ0n) is 13.7. The lowest BCUT2D eigenvalue weighted by molar-refractivity contribution is -0.385. The van der Waals surface area contributed by atoms with Gasteiger partial charge in [-0.1, -0.05) is 37.1 Å². The lowest BCUT2D eigenvalue weighted by Gasteiger charge is -2.25. The maximum atomic E-state index is 13.2. The van der Waals surface area contributed by atoms with E-state index in [9.17, 15) is 19.3 Å². The van der Waals surface area contributed by atoms with Crippen LogP contribution in [-0.4, -0.2) is 10.8 Å².